The maximum Gasteiger partial charge on any atom is 0.410 e. The molecule has 1 heterocycles. The van der Waals surface area contributed by atoms with Gasteiger partial charge in [0.05, 0.1) is 12.6 Å². The van der Waals surface area contributed by atoms with E-state index in [1.54, 1.807) is 4.90 Å². The van der Waals surface area contributed by atoms with Gasteiger partial charge in [-0.3, -0.25) is 0 Å². The molecule has 4 heteroatoms. The summed E-state index contributed by atoms with van der Waals surface area (Å²) < 4.78 is 5.32. The van der Waals surface area contributed by atoms with Crippen molar-refractivity contribution in [1.82, 2.24) is 4.90 Å². The number of carbonyl (C=O) groups excluding carboxylic acids is 1. The third kappa shape index (κ3) is 3.70. The largest absolute Gasteiger partial charge is 0.445 e. The summed E-state index contributed by atoms with van der Waals surface area (Å²) in [5, 5.41) is 9.33. The van der Waals surface area contributed by atoms with Crippen molar-refractivity contribution in [2.45, 2.75) is 32.4 Å². The zero-order valence-corrected chi connectivity index (χ0v) is 11.3. The molecule has 0 unspecified atom stereocenters. The van der Waals surface area contributed by atoms with Crippen molar-refractivity contribution >= 4 is 6.09 Å². The fourth-order valence-electron chi connectivity index (χ4n) is 2.42. The van der Waals surface area contributed by atoms with Gasteiger partial charge in [0.2, 0.25) is 0 Å². The zero-order chi connectivity index (χ0) is 13.7. The minimum atomic E-state index is -0.325. The molecule has 1 aliphatic heterocycles. The van der Waals surface area contributed by atoms with Crippen LogP contribution in [0, 0.1) is 5.92 Å². The molecule has 2 rings (SSSR count). The Hall–Kier alpha value is -1.55. The van der Waals surface area contributed by atoms with Crippen molar-refractivity contribution in [3.63, 3.8) is 0 Å². The molecule has 1 fully saturated rings. The Kier molecular flexibility index (Phi) is 4.80. The van der Waals surface area contributed by atoms with Gasteiger partial charge in [0.1, 0.15) is 6.61 Å². The number of rotatable bonds is 3. The normalized spacial score (nSPS) is 23.2. The molecule has 1 amide bonds. The predicted octanol–water partition coefficient (Wildman–Crippen LogP) is 2.42. The minimum Gasteiger partial charge on any atom is -0.445 e. The molecule has 104 valence electrons. The highest BCUT2D eigenvalue weighted by Crippen LogP contribution is 2.22. The predicted molar refractivity (Wildman–Crippen MR) is 72.6 cm³/mol. The fourth-order valence-corrected chi connectivity index (χ4v) is 2.42. The summed E-state index contributed by atoms with van der Waals surface area (Å²) in [5.41, 5.74) is 0.974. The Labute approximate surface area is 114 Å². The molecule has 4 nitrogen and oxygen atoms in total. The Morgan fingerprint density at radius 3 is 2.79 bits per heavy atom. The quantitative estimate of drug-likeness (QED) is 0.911. The number of hydrogen-bond donors (Lipinski definition) is 1. The number of aliphatic hydroxyl groups excluding tert-OH is 1. The Morgan fingerprint density at radius 2 is 2.11 bits per heavy atom. The lowest BCUT2D eigenvalue weighted by atomic mass is 9.95. The van der Waals surface area contributed by atoms with Crippen LogP contribution in [0.15, 0.2) is 30.3 Å². The molecule has 1 aromatic carbocycles. The molecule has 0 aliphatic carbocycles. The average molecular weight is 263 g/mol. The maximum absolute atomic E-state index is 12.1. The smallest absolute Gasteiger partial charge is 0.410 e. The highest BCUT2D eigenvalue weighted by Gasteiger charge is 2.30. The molecule has 1 aliphatic rings. The van der Waals surface area contributed by atoms with Crippen LogP contribution in [-0.2, 0) is 11.3 Å². The molecular formula is C15H21NO3. The van der Waals surface area contributed by atoms with E-state index in [1.165, 1.54) is 0 Å². The molecular weight excluding hydrogens is 242 g/mol. The first kappa shape index (κ1) is 13.9. The minimum absolute atomic E-state index is 0.00710. The lowest BCUT2D eigenvalue weighted by Gasteiger charge is -2.36. The van der Waals surface area contributed by atoms with E-state index in [0.29, 0.717) is 12.5 Å². The monoisotopic (exact) mass is 263 g/mol. The van der Waals surface area contributed by atoms with E-state index >= 15 is 0 Å². The summed E-state index contributed by atoms with van der Waals surface area (Å²) in [7, 11) is 0. The first-order chi connectivity index (χ1) is 9.20. The van der Waals surface area contributed by atoms with Crippen LogP contribution in [-0.4, -0.2) is 35.3 Å². The van der Waals surface area contributed by atoms with Gasteiger partial charge in [0, 0.05) is 6.54 Å². The molecule has 19 heavy (non-hydrogen) atoms. The van der Waals surface area contributed by atoms with E-state index in [0.717, 1.165) is 18.4 Å². The van der Waals surface area contributed by atoms with Crippen molar-refractivity contribution in [3.05, 3.63) is 35.9 Å². The van der Waals surface area contributed by atoms with Crippen LogP contribution in [0.2, 0.25) is 0 Å². The van der Waals surface area contributed by atoms with Gasteiger partial charge in [0.15, 0.2) is 0 Å². The summed E-state index contributed by atoms with van der Waals surface area (Å²) in [5.74, 6) is 0.465. The van der Waals surface area contributed by atoms with Crippen molar-refractivity contribution in [2.24, 2.45) is 5.92 Å². The lowest BCUT2D eigenvalue weighted by molar-refractivity contribution is 0.0381. The van der Waals surface area contributed by atoms with Gasteiger partial charge in [-0.25, -0.2) is 4.79 Å². The molecule has 1 saturated heterocycles. The average Bonchev–Trinajstić information content (AvgIpc) is 2.46. The summed E-state index contributed by atoms with van der Waals surface area (Å²) in [6, 6.07) is 9.52. The molecule has 1 aromatic rings. The molecule has 1 N–H and O–H groups in total. The van der Waals surface area contributed by atoms with E-state index in [4.69, 9.17) is 4.74 Å². The van der Waals surface area contributed by atoms with Crippen LogP contribution in [0.5, 0.6) is 0 Å². The molecule has 0 radical (unpaired) electrons. The summed E-state index contributed by atoms with van der Waals surface area (Å²) in [6.07, 6.45) is 1.57. The van der Waals surface area contributed by atoms with E-state index in [1.807, 2.05) is 30.3 Å². The van der Waals surface area contributed by atoms with Crippen molar-refractivity contribution in [3.8, 4) is 0 Å². The fraction of sp³-hybridized carbons (Fsp3) is 0.533. The summed E-state index contributed by atoms with van der Waals surface area (Å²) in [4.78, 5) is 13.7. The number of nitrogens with zero attached hydrogens (tertiary/aromatic N) is 1. The van der Waals surface area contributed by atoms with E-state index in [-0.39, 0.29) is 25.3 Å². The Bertz CT molecular complexity index is 407. The molecule has 0 spiro atoms. The van der Waals surface area contributed by atoms with Gasteiger partial charge in [-0.05, 0) is 24.3 Å². The second-order valence-corrected chi connectivity index (χ2v) is 5.21. The van der Waals surface area contributed by atoms with Gasteiger partial charge >= 0.3 is 6.09 Å². The second kappa shape index (κ2) is 6.57. The van der Waals surface area contributed by atoms with Crippen LogP contribution < -0.4 is 0 Å². The first-order valence-electron chi connectivity index (χ1n) is 6.79. The van der Waals surface area contributed by atoms with Gasteiger partial charge < -0.3 is 14.7 Å². The van der Waals surface area contributed by atoms with E-state index < -0.39 is 0 Å². The van der Waals surface area contributed by atoms with Crippen molar-refractivity contribution in [1.29, 1.82) is 0 Å². The van der Waals surface area contributed by atoms with Crippen molar-refractivity contribution in [2.75, 3.05) is 13.2 Å². The Morgan fingerprint density at radius 1 is 1.37 bits per heavy atom. The summed E-state index contributed by atoms with van der Waals surface area (Å²) >= 11 is 0. The van der Waals surface area contributed by atoms with E-state index in [2.05, 4.69) is 6.92 Å². The number of likely N-dealkylation sites (tertiary alicyclic amines) is 1. The maximum atomic E-state index is 12.1. The summed E-state index contributed by atoms with van der Waals surface area (Å²) in [6.45, 7) is 3.07. The molecule has 0 saturated carbocycles. The van der Waals surface area contributed by atoms with Crippen LogP contribution >= 0.6 is 0 Å². The SMILES string of the molecule is C[C@@H]1CC[C@@H](CO)N(C(=O)OCc2ccccc2)C1. The number of hydrogen-bond acceptors (Lipinski definition) is 3. The standard InChI is InChI=1S/C15H21NO3/c1-12-7-8-14(10-17)16(9-12)15(18)19-11-13-5-3-2-4-6-13/h2-6,12,14,17H,7-11H2,1H3/t12-,14+/m1/s1. The number of piperidine rings is 1. The van der Waals surface area contributed by atoms with Crippen LogP contribution in [0.1, 0.15) is 25.3 Å². The highest BCUT2D eigenvalue weighted by atomic mass is 16.6. The highest BCUT2D eigenvalue weighted by molar-refractivity contribution is 5.68. The van der Waals surface area contributed by atoms with Crippen LogP contribution in [0.25, 0.3) is 0 Å². The number of benzene rings is 1. The van der Waals surface area contributed by atoms with Gasteiger partial charge in [0.25, 0.3) is 0 Å². The molecule has 0 aromatic heterocycles. The lowest BCUT2D eigenvalue weighted by Crippen LogP contribution is -2.48. The first-order valence-corrected chi connectivity index (χ1v) is 6.79. The third-order valence-corrected chi connectivity index (χ3v) is 3.59. The van der Waals surface area contributed by atoms with Gasteiger partial charge in [-0.1, -0.05) is 37.3 Å². The third-order valence-electron chi connectivity index (χ3n) is 3.59. The number of ether oxygens (including phenoxy) is 1. The van der Waals surface area contributed by atoms with Crippen LogP contribution in [0.4, 0.5) is 4.79 Å². The topological polar surface area (TPSA) is 49.8 Å². The van der Waals surface area contributed by atoms with Gasteiger partial charge in [-0.15, -0.1) is 0 Å². The molecule has 0 bridgehead atoms. The van der Waals surface area contributed by atoms with E-state index in [9.17, 15) is 9.90 Å². The Balaban J connectivity index is 1.90. The number of aliphatic hydroxyl groups is 1. The second-order valence-electron chi connectivity index (χ2n) is 5.21. The zero-order valence-electron chi connectivity index (χ0n) is 11.3. The number of amides is 1. The molecule has 2 atom stereocenters. The van der Waals surface area contributed by atoms with Crippen LogP contribution in [0.3, 0.4) is 0 Å². The van der Waals surface area contributed by atoms with Crippen molar-refractivity contribution < 1.29 is 14.6 Å². The number of carbonyl (C=O) groups is 1. The van der Waals surface area contributed by atoms with Gasteiger partial charge in [-0.2, -0.15) is 0 Å².